The molecule has 1 saturated heterocycles. The largest absolute Gasteiger partial charge is 0.361 e. The lowest BCUT2D eigenvalue weighted by molar-refractivity contribution is 0.665. The fourth-order valence-corrected chi connectivity index (χ4v) is 2.43. The second-order valence-corrected chi connectivity index (χ2v) is 4.55. The van der Waals surface area contributed by atoms with Gasteiger partial charge in [0.05, 0.1) is 0 Å². The van der Waals surface area contributed by atoms with Crippen LogP contribution in [0.5, 0.6) is 0 Å². The van der Waals surface area contributed by atoms with Crippen LogP contribution in [0.4, 0.5) is 0 Å². The molecule has 1 atom stereocenters. The van der Waals surface area contributed by atoms with E-state index in [-0.39, 0.29) is 0 Å². The zero-order chi connectivity index (χ0) is 10.7. The Morgan fingerprint density at radius 1 is 1.73 bits per heavy atom. The quantitative estimate of drug-likeness (QED) is 0.826. The predicted octanol–water partition coefficient (Wildman–Crippen LogP) is 0.786. The van der Waals surface area contributed by atoms with E-state index in [1.165, 1.54) is 0 Å². The number of nitrogens with zero attached hydrogens (tertiary/aromatic N) is 4. The fraction of sp³-hybridized carbons (Fsp3) is 0.667. The molecule has 6 heteroatoms. The molecule has 2 rings (SSSR count). The van der Waals surface area contributed by atoms with E-state index in [9.17, 15) is 0 Å². The summed E-state index contributed by atoms with van der Waals surface area (Å²) in [7, 11) is 1.93. The molecule has 1 aromatic rings. The van der Waals surface area contributed by atoms with E-state index >= 15 is 0 Å². The monoisotopic (exact) mass is 225 g/mol. The molecular formula is C9H15N5S. The molecule has 0 aliphatic carbocycles. The minimum Gasteiger partial charge on any atom is -0.361 e. The third kappa shape index (κ3) is 2.50. The summed E-state index contributed by atoms with van der Waals surface area (Å²) in [4.78, 5) is 4.47. The van der Waals surface area contributed by atoms with Gasteiger partial charge in [-0.25, -0.2) is 0 Å². The Hall–Kier alpha value is -1.04. The first-order valence-electron chi connectivity index (χ1n) is 5.06. The lowest BCUT2D eigenvalue weighted by Crippen LogP contribution is -2.25. The van der Waals surface area contributed by atoms with Crippen molar-refractivity contribution in [2.45, 2.75) is 25.9 Å². The van der Waals surface area contributed by atoms with Crippen molar-refractivity contribution in [1.82, 2.24) is 20.1 Å². The minimum atomic E-state index is 0.577. The number of rotatable bonds is 3. The van der Waals surface area contributed by atoms with Crippen molar-refractivity contribution in [1.29, 1.82) is 0 Å². The smallest absolute Gasteiger partial charge is 0.157 e. The van der Waals surface area contributed by atoms with Crippen LogP contribution in [0.2, 0.25) is 0 Å². The molecule has 1 aromatic heterocycles. The lowest BCUT2D eigenvalue weighted by Gasteiger charge is -2.04. The number of hydrogen-bond donors (Lipinski definition) is 1. The van der Waals surface area contributed by atoms with Gasteiger partial charge >= 0.3 is 0 Å². The van der Waals surface area contributed by atoms with Crippen LogP contribution in [0.3, 0.4) is 0 Å². The number of amidine groups is 1. The van der Waals surface area contributed by atoms with Gasteiger partial charge < -0.3 is 9.88 Å². The molecule has 1 fully saturated rings. The second-order valence-electron chi connectivity index (χ2n) is 3.54. The predicted molar refractivity (Wildman–Crippen MR) is 61.8 cm³/mol. The highest BCUT2D eigenvalue weighted by atomic mass is 32.2. The number of aryl methyl sites for hydroxylation is 1. The highest BCUT2D eigenvalue weighted by Crippen LogP contribution is 2.15. The molecule has 15 heavy (non-hydrogen) atoms. The summed E-state index contributed by atoms with van der Waals surface area (Å²) in [6, 6.07) is 0.577. The molecule has 5 nitrogen and oxygen atoms in total. The second kappa shape index (κ2) is 4.65. The standard InChI is InChI=1S/C9H15N5S/c1-3-7-5-15-9(12-7)10-4-8-13-11-6-14(8)2/h6-7H,3-5H2,1-2H3,(H,10,12). The summed E-state index contributed by atoms with van der Waals surface area (Å²) in [6.07, 6.45) is 2.84. The lowest BCUT2D eigenvalue weighted by atomic mass is 10.3. The Bertz CT molecular complexity index is 359. The Morgan fingerprint density at radius 3 is 3.20 bits per heavy atom. The van der Waals surface area contributed by atoms with Gasteiger partial charge in [0, 0.05) is 18.8 Å². The topological polar surface area (TPSA) is 55.1 Å². The first kappa shape index (κ1) is 10.5. The Morgan fingerprint density at radius 2 is 2.60 bits per heavy atom. The first-order valence-corrected chi connectivity index (χ1v) is 6.04. The van der Waals surface area contributed by atoms with Gasteiger partial charge in [0.25, 0.3) is 0 Å². The van der Waals surface area contributed by atoms with E-state index in [0.717, 1.165) is 23.2 Å². The van der Waals surface area contributed by atoms with Crippen molar-refractivity contribution in [2.24, 2.45) is 12.0 Å². The Labute approximate surface area is 93.4 Å². The van der Waals surface area contributed by atoms with Gasteiger partial charge in [-0.15, -0.1) is 10.2 Å². The molecule has 0 amide bonds. The highest BCUT2D eigenvalue weighted by molar-refractivity contribution is 8.14. The summed E-state index contributed by atoms with van der Waals surface area (Å²) in [5, 5.41) is 12.2. The molecular weight excluding hydrogens is 210 g/mol. The van der Waals surface area contributed by atoms with Crippen LogP contribution >= 0.6 is 11.8 Å². The molecule has 0 bridgehead atoms. The Balaban J connectivity index is 1.93. The molecule has 0 spiro atoms. The molecule has 1 aliphatic rings. The normalized spacial score (nSPS) is 23.3. The highest BCUT2D eigenvalue weighted by Gasteiger charge is 2.17. The number of aliphatic imine (C=N–C) groups is 1. The third-order valence-electron chi connectivity index (χ3n) is 2.41. The van der Waals surface area contributed by atoms with E-state index in [0.29, 0.717) is 12.6 Å². The summed E-state index contributed by atoms with van der Waals surface area (Å²) < 4.78 is 1.89. The van der Waals surface area contributed by atoms with Crippen molar-refractivity contribution in [3.05, 3.63) is 12.2 Å². The van der Waals surface area contributed by atoms with Crippen LogP contribution < -0.4 is 5.32 Å². The molecule has 0 saturated carbocycles. The molecule has 0 aromatic carbocycles. The van der Waals surface area contributed by atoms with Gasteiger partial charge in [-0.05, 0) is 6.42 Å². The molecule has 82 valence electrons. The molecule has 1 aliphatic heterocycles. The van der Waals surface area contributed by atoms with Crippen LogP contribution in [0.1, 0.15) is 19.2 Å². The molecule has 1 N–H and O–H groups in total. The average Bonchev–Trinajstić information content (AvgIpc) is 2.84. The summed E-state index contributed by atoms with van der Waals surface area (Å²) in [6.45, 7) is 2.78. The summed E-state index contributed by atoms with van der Waals surface area (Å²) >= 11 is 1.78. The van der Waals surface area contributed by atoms with E-state index in [1.807, 2.05) is 11.6 Å². The van der Waals surface area contributed by atoms with Crippen LogP contribution in [0.15, 0.2) is 11.3 Å². The van der Waals surface area contributed by atoms with Gasteiger partial charge in [0.1, 0.15) is 12.9 Å². The van der Waals surface area contributed by atoms with E-state index < -0.39 is 0 Å². The SMILES string of the molecule is CCC1CSC(=NCc2nncn2C)N1. The summed E-state index contributed by atoms with van der Waals surface area (Å²) in [5.74, 6) is 2.01. The van der Waals surface area contributed by atoms with Crippen LogP contribution in [0, 0.1) is 0 Å². The average molecular weight is 225 g/mol. The van der Waals surface area contributed by atoms with Crippen molar-refractivity contribution >= 4 is 16.9 Å². The maximum atomic E-state index is 4.47. The van der Waals surface area contributed by atoms with Gasteiger partial charge in [-0.3, -0.25) is 4.99 Å². The van der Waals surface area contributed by atoms with Crippen LogP contribution in [-0.2, 0) is 13.6 Å². The zero-order valence-corrected chi connectivity index (χ0v) is 9.79. The summed E-state index contributed by atoms with van der Waals surface area (Å²) in [5.41, 5.74) is 0. The van der Waals surface area contributed by atoms with E-state index in [2.05, 4.69) is 27.4 Å². The van der Waals surface area contributed by atoms with Crippen molar-refractivity contribution < 1.29 is 0 Å². The maximum absolute atomic E-state index is 4.47. The molecule has 1 unspecified atom stereocenters. The van der Waals surface area contributed by atoms with Crippen molar-refractivity contribution in [3.8, 4) is 0 Å². The van der Waals surface area contributed by atoms with Gasteiger partial charge in [0.15, 0.2) is 11.0 Å². The number of thioether (sulfide) groups is 1. The third-order valence-corrected chi connectivity index (χ3v) is 3.50. The van der Waals surface area contributed by atoms with Crippen molar-refractivity contribution in [2.75, 3.05) is 5.75 Å². The first-order chi connectivity index (χ1) is 7.29. The van der Waals surface area contributed by atoms with Crippen molar-refractivity contribution in [3.63, 3.8) is 0 Å². The van der Waals surface area contributed by atoms with E-state index in [4.69, 9.17) is 0 Å². The minimum absolute atomic E-state index is 0.577. The molecule has 2 heterocycles. The van der Waals surface area contributed by atoms with Gasteiger partial charge in [-0.2, -0.15) is 0 Å². The van der Waals surface area contributed by atoms with Crippen LogP contribution in [-0.4, -0.2) is 31.7 Å². The van der Waals surface area contributed by atoms with E-state index in [1.54, 1.807) is 18.1 Å². The zero-order valence-electron chi connectivity index (χ0n) is 8.97. The van der Waals surface area contributed by atoms with Gasteiger partial charge in [0.2, 0.25) is 0 Å². The number of nitrogens with one attached hydrogen (secondary N) is 1. The number of hydrogen-bond acceptors (Lipinski definition) is 4. The van der Waals surface area contributed by atoms with Crippen LogP contribution in [0.25, 0.3) is 0 Å². The maximum Gasteiger partial charge on any atom is 0.157 e. The molecule has 0 radical (unpaired) electrons. The van der Waals surface area contributed by atoms with Gasteiger partial charge in [-0.1, -0.05) is 18.7 Å². The Kier molecular flexibility index (Phi) is 3.25. The number of aromatic nitrogens is 3. The fourth-order valence-electron chi connectivity index (χ4n) is 1.34.